The summed E-state index contributed by atoms with van der Waals surface area (Å²) in [5.41, 5.74) is 1.85. The molecule has 0 saturated heterocycles. The van der Waals surface area contributed by atoms with Crippen LogP contribution in [-0.4, -0.2) is 42.3 Å². The summed E-state index contributed by atoms with van der Waals surface area (Å²) >= 11 is 0. The molecule has 4 atom stereocenters. The molecule has 5 rings (SSSR count). The number of hydrogen-bond donors (Lipinski definition) is 0. The van der Waals surface area contributed by atoms with Crippen molar-refractivity contribution in [2.75, 3.05) is 0 Å². The van der Waals surface area contributed by atoms with E-state index in [0.717, 1.165) is 5.56 Å². The minimum Gasteiger partial charge on any atom is -0.451 e. The Hall–Kier alpha value is -5.01. The molecule has 0 radical (unpaired) electrons. The van der Waals surface area contributed by atoms with Crippen molar-refractivity contribution < 1.29 is 33.3 Å². The van der Waals surface area contributed by atoms with E-state index >= 15 is 0 Å². The first kappa shape index (κ1) is 27.6. The quantitative estimate of drug-likeness (QED) is 0.148. The Balaban J connectivity index is 1.47. The first-order chi connectivity index (χ1) is 20.1. The Morgan fingerprint density at radius 3 is 1.29 bits per heavy atom. The van der Waals surface area contributed by atoms with Crippen LogP contribution in [0.1, 0.15) is 36.6 Å². The van der Waals surface area contributed by atoms with Crippen LogP contribution in [0.25, 0.3) is 0 Å². The number of carbonyl (C=O) groups excluding carboxylic acids is 3. The molecule has 4 aromatic rings. The Morgan fingerprint density at radius 1 is 0.463 bits per heavy atom. The maximum atomic E-state index is 13.2. The second-order valence-corrected chi connectivity index (χ2v) is 9.35. The first-order valence-electron chi connectivity index (χ1n) is 13.2. The first-order valence-corrected chi connectivity index (χ1v) is 13.2. The third kappa shape index (κ3) is 7.15. The molecule has 7 heteroatoms. The zero-order valence-corrected chi connectivity index (χ0v) is 22.1. The molecule has 0 aliphatic heterocycles. The highest BCUT2D eigenvalue weighted by Gasteiger charge is 2.45. The maximum absolute atomic E-state index is 13.2. The highest BCUT2D eigenvalue weighted by Crippen LogP contribution is 2.28. The maximum Gasteiger partial charge on any atom is 0.338 e. The molecule has 0 heterocycles. The summed E-state index contributed by atoms with van der Waals surface area (Å²) < 4.78 is 23.9. The predicted molar refractivity (Wildman–Crippen MR) is 151 cm³/mol. The van der Waals surface area contributed by atoms with Gasteiger partial charge < -0.3 is 18.9 Å². The minimum atomic E-state index is -1.20. The van der Waals surface area contributed by atoms with E-state index in [2.05, 4.69) is 0 Å². The molecule has 1 aliphatic rings. The Morgan fingerprint density at radius 2 is 0.829 bits per heavy atom. The van der Waals surface area contributed by atoms with Gasteiger partial charge in [0.2, 0.25) is 0 Å². The topological polar surface area (TPSA) is 88.1 Å². The average molecular weight is 549 g/mol. The van der Waals surface area contributed by atoms with Crippen LogP contribution in [-0.2, 0) is 25.6 Å². The second-order valence-electron chi connectivity index (χ2n) is 9.35. The van der Waals surface area contributed by atoms with Gasteiger partial charge >= 0.3 is 17.9 Å². The zero-order chi connectivity index (χ0) is 28.4. The summed E-state index contributed by atoms with van der Waals surface area (Å²) in [6.45, 7) is 0.211. The number of carbonyl (C=O) groups is 3. The van der Waals surface area contributed by atoms with Crippen molar-refractivity contribution in [2.24, 2.45) is 0 Å². The summed E-state index contributed by atoms with van der Waals surface area (Å²) in [5.74, 6) is -1.90. The lowest BCUT2D eigenvalue weighted by molar-refractivity contribution is -0.124. The van der Waals surface area contributed by atoms with Gasteiger partial charge in [0.1, 0.15) is 6.10 Å². The van der Waals surface area contributed by atoms with Crippen LogP contribution in [0.5, 0.6) is 0 Å². The molecule has 206 valence electrons. The Bertz CT molecular complexity index is 1470. The highest BCUT2D eigenvalue weighted by atomic mass is 16.6. The molecule has 0 fully saturated rings. The van der Waals surface area contributed by atoms with Crippen molar-refractivity contribution in [3.8, 4) is 0 Å². The van der Waals surface area contributed by atoms with E-state index in [1.807, 2.05) is 30.3 Å². The highest BCUT2D eigenvalue weighted by molar-refractivity contribution is 5.91. The van der Waals surface area contributed by atoms with Crippen LogP contribution in [0.2, 0.25) is 0 Å². The van der Waals surface area contributed by atoms with Gasteiger partial charge in [0.15, 0.2) is 18.3 Å². The molecule has 0 aromatic heterocycles. The fraction of sp³-hybridized carbons (Fsp3) is 0.147. The lowest BCUT2D eigenvalue weighted by Crippen LogP contribution is -2.53. The normalized spacial score (nSPS) is 19.6. The monoisotopic (exact) mass is 548 g/mol. The molecule has 0 bridgehead atoms. The van der Waals surface area contributed by atoms with Gasteiger partial charge in [-0.1, -0.05) is 91.0 Å². The van der Waals surface area contributed by atoms with Crippen molar-refractivity contribution in [1.29, 1.82) is 0 Å². The molecule has 0 N–H and O–H groups in total. The minimum absolute atomic E-state index is 0.211. The lowest BCUT2D eigenvalue weighted by Gasteiger charge is -2.37. The van der Waals surface area contributed by atoms with E-state index in [1.165, 1.54) is 0 Å². The summed E-state index contributed by atoms with van der Waals surface area (Å²) in [6, 6.07) is 34.9. The number of esters is 3. The van der Waals surface area contributed by atoms with Crippen molar-refractivity contribution in [3.05, 3.63) is 156 Å². The lowest BCUT2D eigenvalue weighted by atomic mass is 9.94. The SMILES string of the molecule is O=C(O[C@@H]1[C@H](OC(=O)c2ccccc2)[C@@H](OCc2ccccc2)C=C[C@@H]1OC(=O)c1ccccc1)c1ccccc1. The van der Waals surface area contributed by atoms with Gasteiger partial charge in [0, 0.05) is 0 Å². The number of hydrogen-bond acceptors (Lipinski definition) is 7. The van der Waals surface area contributed by atoms with Crippen LogP contribution in [0.4, 0.5) is 0 Å². The molecule has 41 heavy (non-hydrogen) atoms. The Kier molecular flexibility index (Phi) is 8.98. The third-order valence-electron chi connectivity index (χ3n) is 6.50. The van der Waals surface area contributed by atoms with Crippen molar-refractivity contribution in [1.82, 2.24) is 0 Å². The average Bonchev–Trinajstić information content (AvgIpc) is 3.03. The molecular weight excluding hydrogens is 520 g/mol. The van der Waals surface area contributed by atoms with E-state index in [-0.39, 0.29) is 6.61 Å². The van der Waals surface area contributed by atoms with Crippen molar-refractivity contribution >= 4 is 17.9 Å². The largest absolute Gasteiger partial charge is 0.451 e. The van der Waals surface area contributed by atoms with Crippen LogP contribution in [0.15, 0.2) is 133 Å². The second kappa shape index (κ2) is 13.4. The van der Waals surface area contributed by atoms with Crippen LogP contribution < -0.4 is 0 Å². The van der Waals surface area contributed by atoms with Gasteiger partial charge in [-0.25, -0.2) is 14.4 Å². The summed E-state index contributed by atoms with van der Waals surface area (Å²) in [4.78, 5) is 39.5. The fourth-order valence-electron chi connectivity index (χ4n) is 4.40. The van der Waals surface area contributed by atoms with Gasteiger partial charge in [-0.05, 0) is 48.0 Å². The van der Waals surface area contributed by atoms with E-state index in [4.69, 9.17) is 18.9 Å². The van der Waals surface area contributed by atoms with Gasteiger partial charge in [0.05, 0.1) is 23.3 Å². The molecule has 0 spiro atoms. The molecule has 4 aromatic carbocycles. The van der Waals surface area contributed by atoms with E-state index < -0.39 is 42.3 Å². The number of rotatable bonds is 9. The Labute approximate surface area is 237 Å². The van der Waals surface area contributed by atoms with Crippen molar-refractivity contribution in [3.63, 3.8) is 0 Å². The molecule has 1 aliphatic carbocycles. The van der Waals surface area contributed by atoms with Crippen LogP contribution in [0.3, 0.4) is 0 Å². The summed E-state index contributed by atoms with van der Waals surface area (Å²) in [5, 5.41) is 0. The van der Waals surface area contributed by atoms with Crippen molar-refractivity contribution in [2.45, 2.75) is 31.0 Å². The predicted octanol–water partition coefficient (Wildman–Crippen LogP) is 5.82. The van der Waals surface area contributed by atoms with Crippen LogP contribution >= 0.6 is 0 Å². The molecule has 0 saturated carbocycles. The van der Waals surface area contributed by atoms with Crippen LogP contribution in [0, 0.1) is 0 Å². The summed E-state index contributed by atoms with van der Waals surface area (Å²) in [6.07, 6.45) is -0.913. The van der Waals surface area contributed by atoms with Gasteiger partial charge in [-0.2, -0.15) is 0 Å². The fourth-order valence-corrected chi connectivity index (χ4v) is 4.40. The van der Waals surface area contributed by atoms with Gasteiger partial charge in [-0.3, -0.25) is 0 Å². The third-order valence-corrected chi connectivity index (χ3v) is 6.50. The standard InChI is InChI=1S/C34H28O7/c35-32(25-15-7-2-8-16-25)39-29-22-21-28(38-23-24-13-5-1-6-14-24)30(40-33(36)26-17-9-3-10-18-26)31(29)41-34(37)27-19-11-4-12-20-27/h1-22,28-31H,23H2/t28-,29-,30+,31-/m0/s1. The summed E-state index contributed by atoms with van der Waals surface area (Å²) in [7, 11) is 0. The molecule has 0 unspecified atom stereocenters. The van der Waals surface area contributed by atoms with E-state index in [1.54, 1.807) is 103 Å². The number of ether oxygens (including phenoxy) is 4. The molecular formula is C34H28O7. The van der Waals surface area contributed by atoms with E-state index in [9.17, 15) is 14.4 Å². The van der Waals surface area contributed by atoms with Gasteiger partial charge in [-0.15, -0.1) is 0 Å². The van der Waals surface area contributed by atoms with E-state index in [0.29, 0.717) is 16.7 Å². The molecule has 0 amide bonds. The van der Waals surface area contributed by atoms with Gasteiger partial charge in [0.25, 0.3) is 0 Å². The molecule has 7 nitrogen and oxygen atoms in total. The zero-order valence-electron chi connectivity index (χ0n) is 22.1. The number of benzene rings is 4. The smallest absolute Gasteiger partial charge is 0.338 e.